The molecule has 1 aromatic heterocycles. The van der Waals surface area contributed by atoms with Gasteiger partial charge in [0.2, 0.25) is 10.0 Å². The fourth-order valence-corrected chi connectivity index (χ4v) is 5.73. The Morgan fingerprint density at radius 2 is 1.93 bits per heavy atom. The molecule has 0 radical (unpaired) electrons. The first kappa shape index (κ1) is 20.8. The molecule has 1 aliphatic heterocycles. The maximum Gasteiger partial charge on any atom is 0.266 e. The molecule has 2 aromatic rings. The summed E-state index contributed by atoms with van der Waals surface area (Å²) in [5.74, 6) is 0.786. The fraction of sp³-hybridized carbons (Fsp3) is 0.556. The molecule has 1 saturated heterocycles. The van der Waals surface area contributed by atoms with E-state index in [4.69, 9.17) is 9.47 Å². The van der Waals surface area contributed by atoms with Crippen molar-refractivity contribution in [3.05, 3.63) is 16.9 Å². The van der Waals surface area contributed by atoms with Gasteiger partial charge in [0, 0.05) is 25.2 Å². The third-order valence-electron chi connectivity index (χ3n) is 4.87. The molecule has 0 spiro atoms. The Hall–Kier alpha value is -1.91. The van der Waals surface area contributed by atoms with Crippen LogP contribution in [0.25, 0.3) is 10.2 Å². The van der Waals surface area contributed by atoms with E-state index in [1.54, 1.807) is 14.2 Å². The minimum Gasteiger partial charge on any atom is -0.493 e. The highest BCUT2D eigenvalue weighted by Gasteiger charge is 2.34. The summed E-state index contributed by atoms with van der Waals surface area (Å²) in [7, 11) is -0.309. The minimum absolute atomic E-state index is 0.360. The maximum atomic E-state index is 12.9. The maximum absolute atomic E-state index is 12.9. The van der Waals surface area contributed by atoms with Gasteiger partial charge in [0.15, 0.2) is 16.3 Å². The number of carbonyl (C=O) groups excluding carboxylic acids is 1. The van der Waals surface area contributed by atoms with Crippen LogP contribution in [-0.2, 0) is 21.4 Å². The van der Waals surface area contributed by atoms with Gasteiger partial charge < -0.3 is 14.0 Å². The van der Waals surface area contributed by atoms with Crippen molar-refractivity contribution in [1.29, 1.82) is 0 Å². The van der Waals surface area contributed by atoms with Crippen molar-refractivity contribution < 1.29 is 22.7 Å². The quantitative estimate of drug-likeness (QED) is 0.728. The number of amides is 1. The Balaban J connectivity index is 2.09. The Kier molecular flexibility index (Phi) is 6.11. The molecule has 0 saturated carbocycles. The number of methoxy groups -OCH3 is 2. The predicted molar refractivity (Wildman–Crippen MR) is 108 cm³/mol. The van der Waals surface area contributed by atoms with Gasteiger partial charge in [-0.25, -0.2) is 8.42 Å². The largest absolute Gasteiger partial charge is 0.493 e. The molecule has 8 nitrogen and oxygen atoms in total. The molecule has 2 heterocycles. The zero-order valence-electron chi connectivity index (χ0n) is 16.5. The number of aromatic nitrogens is 1. The van der Waals surface area contributed by atoms with E-state index in [1.807, 2.05) is 23.6 Å². The lowest BCUT2D eigenvalue weighted by Gasteiger charge is -2.31. The summed E-state index contributed by atoms with van der Waals surface area (Å²) in [5, 5.41) is 0. The molecule has 0 bridgehead atoms. The molecule has 1 aliphatic rings. The molecule has 10 heteroatoms. The molecule has 1 atom stereocenters. The molecule has 1 unspecified atom stereocenters. The normalized spacial score (nSPS) is 19.1. The van der Waals surface area contributed by atoms with Crippen molar-refractivity contribution in [2.75, 3.05) is 27.0 Å². The number of benzene rings is 1. The number of aryl methyl sites for hydroxylation is 1. The van der Waals surface area contributed by atoms with Crippen LogP contribution in [0.1, 0.15) is 26.2 Å². The molecule has 1 fully saturated rings. The van der Waals surface area contributed by atoms with Crippen LogP contribution in [0.2, 0.25) is 0 Å². The summed E-state index contributed by atoms with van der Waals surface area (Å²) in [6.07, 6.45) is 3.21. The van der Waals surface area contributed by atoms with Gasteiger partial charge in [-0.15, -0.1) is 0 Å². The van der Waals surface area contributed by atoms with E-state index in [-0.39, 0.29) is 0 Å². The van der Waals surface area contributed by atoms with Crippen LogP contribution >= 0.6 is 11.3 Å². The molecule has 0 N–H and O–H groups in total. The van der Waals surface area contributed by atoms with Gasteiger partial charge in [0.1, 0.15) is 6.04 Å². The lowest BCUT2D eigenvalue weighted by molar-refractivity contribution is -0.122. The highest BCUT2D eigenvalue weighted by molar-refractivity contribution is 7.88. The number of thiazole rings is 1. The second-order valence-electron chi connectivity index (χ2n) is 6.64. The monoisotopic (exact) mass is 427 g/mol. The molecule has 1 aromatic carbocycles. The van der Waals surface area contributed by atoms with Gasteiger partial charge >= 0.3 is 0 Å². The predicted octanol–water partition coefficient (Wildman–Crippen LogP) is 1.98. The van der Waals surface area contributed by atoms with E-state index < -0.39 is 22.0 Å². The average Bonchev–Trinajstić information content (AvgIpc) is 3.01. The highest BCUT2D eigenvalue weighted by Crippen LogP contribution is 2.33. The second kappa shape index (κ2) is 8.22. The zero-order valence-corrected chi connectivity index (χ0v) is 18.1. The fourth-order valence-electron chi connectivity index (χ4n) is 3.51. The number of carbonyl (C=O) groups is 1. The average molecular weight is 428 g/mol. The van der Waals surface area contributed by atoms with Crippen molar-refractivity contribution in [2.24, 2.45) is 4.99 Å². The number of nitrogens with zero attached hydrogens (tertiary/aromatic N) is 3. The standard InChI is InChI=1S/C18H25N3O5S2/c1-5-20-13-10-14(25-2)15(26-3)11-16(13)27-18(20)19-17(22)12-8-6-7-9-21(12)28(4,23)24/h10-12H,5-9H2,1-4H3. The van der Waals surface area contributed by atoms with Crippen molar-refractivity contribution in [1.82, 2.24) is 8.87 Å². The van der Waals surface area contributed by atoms with Crippen LogP contribution in [0.3, 0.4) is 0 Å². The first-order chi connectivity index (χ1) is 13.3. The van der Waals surface area contributed by atoms with Crippen LogP contribution in [0.5, 0.6) is 11.5 Å². The van der Waals surface area contributed by atoms with Gasteiger partial charge in [-0.05, 0) is 19.8 Å². The van der Waals surface area contributed by atoms with Crippen LogP contribution in [0.4, 0.5) is 0 Å². The Labute approximate surface area is 168 Å². The molecular weight excluding hydrogens is 402 g/mol. The first-order valence-electron chi connectivity index (χ1n) is 9.11. The van der Waals surface area contributed by atoms with E-state index in [2.05, 4.69) is 4.99 Å². The van der Waals surface area contributed by atoms with Crippen molar-refractivity contribution in [2.45, 2.75) is 38.8 Å². The van der Waals surface area contributed by atoms with Crippen LogP contribution in [0, 0.1) is 0 Å². The van der Waals surface area contributed by atoms with E-state index in [0.29, 0.717) is 35.8 Å². The van der Waals surface area contributed by atoms with Crippen molar-refractivity contribution in [3.8, 4) is 11.5 Å². The first-order valence-corrected chi connectivity index (χ1v) is 11.8. The summed E-state index contributed by atoms with van der Waals surface area (Å²) in [6.45, 7) is 2.94. The Morgan fingerprint density at radius 1 is 1.25 bits per heavy atom. The van der Waals surface area contributed by atoms with Crippen LogP contribution < -0.4 is 14.3 Å². The molecular formula is C18H25N3O5S2. The van der Waals surface area contributed by atoms with Gasteiger partial charge in [0.25, 0.3) is 5.91 Å². The van der Waals surface area contributed by atoms with Gasteiger partial charge in [0.05, 0.1) is 30.7 Å². The van der Waals surface area contributed by atoms with Crippen molar-refractivity contribution in [3.63, 3.8) is 0 Å². The highest BCUT2D eigenvalue weighted by atomic mass is 32.2. The summed E-state index contributed by atoms with van der Waals surface area (Å²) < 4.78 is 39.0. The van der Waals surface area contributed by atoms with E-state index >= 15 is 0 Å². The summed E-state index contributed by atoms with van der Waals surface area (Å²) in [4.78, 5) is 17.7. The van der Waals surface area contributed by atoms with Crippen LogP contribution in [0.15, 0.2) is 17.1 Å². The lowest BCUT2D eigenvalue weighted by Crippen LogP contribution is -2.47. The zero-order chi connectivity index (χ0) is 20.5. The Morgan fingerprint density at radius 3 is 2.54 bits per heavy atom. The summed E-state index contributed by atoms with van der Waals surface area (Å²) >= 11 is 1.37. The van der Waals surface area contributed by atoms with E-state index in [1.165, 1.54) is 15.6 Å². The molecule has 154 valence electrons. The van der Waals surface area contributed by atoms with E-state index in [0.717, 1.165) is 29.3 Å². The number of rotatable bonds is 5. The molecule has 3 rings (SSSR count). The number of hydrogen-bond donors (Lipinski definition) is 0. The Bertz CT molecular complexity index is 1060. The van der Waals surface area contributed by atoms with Gasteiger partial charge in [-0.2, -0.15) is 9.30 Å². The van der Waals surface area contributed by atoms with Crippen LogP contribution in [-0.4, -0.2) is 56.3 Å². The number of sulfonamides is 1. The molecule has 1 amide bonds. The minimum atomic E-state index is -3.45. The number of piperidine rings is 1. The van der Waals surface area contributed by atoms with Crippen molar-refractivity contribution >= 4 is 37.5 Å². The number of hydrogen-bond acceptors (Lipinski definition) is 6. The third kappa shape index (κ3) is 3.94. The lowest BCUT2D eigenvalue weighted by atomic mass is 10.0. The topological polar surface area (TPSA) is 90.2 Å². The van der Waals surface area contributed by atoms with E-state index in [9.17, 15) is 13.2 Å². The number of ether oxygens (including phenoxy) is 2. The summed E-state index contributed by atoms with van der Waals surface area (Å²) in [6, 6.07) is 2.99. The third-order valence-corrected chi connectivity index (χ3v) is 7.21. The smallest absolute Gasteiger partial charge is 0.266 e. The van der Waals surface area contributed by atoms with Gasteiger partial charge in [-0.3, -0.25) is 4.79 Å². The second-order valence-corrected chi connectivity index (χ2v) is 9.58. The summed E-state index contributed by atoms with van der Waals surface area (Å²) in [5.41, 5.74) is 0.889. The molecule has 0 aliphatic carbocycles. The molecule has 28 heavy (non-hydrogen) atoms. The number of fused-ring (bicyclic) bond motifs is 1. The SMILES string of the molecule is CCn1c(=NC(=O)C2CCCCN2S(C)(=O)=O)sc2cc(OC)c(OC)cc21. The van der Waals surface area contributed by atoms with Gasteiger partial charge in [-0.1, -0.05) is 17.8 Å².